The van der Waals surface area contributed by atoms with Crippen molar-refractivity contribution in [3.63, 3.8) is 0 Å². The third-order valence-electron chi connectivity index (χ3n) is 3.66. The van der Waals surface area contributed by atoms with Crippen LogP contribution in [0.15, 0.2) is 36.5 Å². The minimum absolute atomic E-state index is 0. The van der Waals surface area contributed by atoms with Crippen LogP contribution in [0.25, 0.3) is 5.69 Å². The number of amides is 1. The lowest BCUT2D eigenvalue weighted by molar-refractivity contribution is -0.132. The number of nitrogens with zero attached hydrogens (tertiary/aromatic N) is 4. The molecule has 1 amide bonds. The van der Waals surface area contributed by atoms with Crippen molar-refractivity contribution in [2.45, 2.75) is 25.4 Å². The topological polar surface area (TPSA) is 63.1 Å². The maximum atomic E-state index is 12.2. The van der Waals surface area contributed by atoms with Crippen molar-refractivity contribution in [1.29, 1.82) is 0 Å². The summed E-state index contributed by atoms with van der Waals surface area (Å²) in [7, 11) is 1.81. The SMILES string of the molecule is CN(Cc1cnn(-c2ccccc2)n1)C(=O)C1CCCN1.Cl. The second-order valence-electron chi connectivity index (χ2n) is 5.30. The molecule has 0 bridgehead atoms. The van der Waals surface area contributed by atoms with Crippen molar-refractivity contribution >= 4 is 18.3 Å². The normalized spacial score (nSPS) is 17.0. The van der Waals surface area contributed by atoms with E-state index in [1.165, 1.54) is 0 Å². The van der Waals surface area contributed by atoms with Crippen LogP contribution in [-0.2, 0) is 11.3 Å². The molecular weight excluding hydrogens is 302 g/mol. The van der Waals surface area contributed by atoms with E-state index in [0.29, 0.717) is 6.54 Å². The maximum absolute atomic E-state index is 12.2. The van der Waals surface area contributed by atoms with E-state index in [9.17, 15) is 4.79 Å². The van der Waals surface area contributed by atoms with Crippen molar-refractivity contribution in [1.82, 2.24) is 25.2 Å². The van der Waals surface area contributed by atoms with Crippen LogP contribution in [0.2, 0.25) is 0 Å². The van der Waals surface area contributed by atoms with Crippen molar-refractivity contribution in [2.75, 3.05) is 13.6 Å². The van der Waals surface area contributed by atoms with Gasteiger partial charge in [-0.1, -0.05) is 18.2 Å². The molecule has 6 nitrogen and oxygen atoms in total. The van der Waals surface area contributed by atoms with E-state index in [1.54, 1.807) is 15.9 Å². The lowest BCUT2D eigenvalue weighted by Gasteiger charge is -2.19. The fraction of sp³-hybridized carbons (Fsp3) is 0.400. The molecular formula is C15H20ClN5O. The molecule has 0 radical (unpaired) electrons. The van der Waals surface area contributed by atoms with Crippen LogP contribution in [0.5, 0.6) is 0 Å². The fourth-order valence-electron chi connectivity index (χ4n) is 2.54. The predicted octanol–water partition coefficient (Wildman–Crippen LogP) is 1.40. The molecule has 22 heavy (non-hydrogen) atoms. The monoisotopic (exact) mass is 321 g/mol. The number of aromatic nitrogens is 3. The highest BCUT2D eigenvalue weighted by atomic mass is 35.5. The summed E-state index contributed by atoms with van der Waals surface area (Å²) in [5.41, 5.74) is 1.70. The van der Waals surface area contributed by atoms with Gasteiger partial charge in [0.05, 0.1) is 24.5 Å². The lowest BCUT2D eigenvalue weighted by atomic mass is 10.2. The molecule has 0 saturated carbocycles. The van der Waals surface area contributed by atoms with Gasteiger partial charge in [-0.3, -0.25) is 4.79 Å². The van der Waals surface area contributed by atoms with Crippen LogP contribution in [0, 0.1) is 0 Å². The summed E-state index contributed by atoms with van der Waals surface area (Å²) >= 11 is 0. The first-order valence-electron chi connectivity index (χ1n) is 7.19. The number of para-hydroxylation sites is 1. The maximum Gasteiger partial charge on any atom is 0.239 e. The van der Waals surface area contributed by atoms with Gasteiger partial charge < -0.3 is 10.2 Å². The second-order valence-corrected chi connectivity index (χ2v) is 5.30. The molecule has 0 spiro atoms. The van der Waals surface area contributed by atoms with Gasteiger partial charge in [-0.2, -0.15) is 15.0 Å². The zero-order valence-corrected chi connectivity index (χ0v) is 13.3. The van der Waals surface area contributed by atoms with Gasteiger partial charge in [0.25, 0.3) is 0 Å². The summed E-state index contributed by atoms with van der Waals surface area (Å²) in [4.78, 5) is 15.5. The minimum Gasteiger partial charge on any atom is -0.338 e. The summed E-state index contributed by atoms with van der Waals surface area (Å²) in [6, 6.07) is 9.69. The third kappa shape index (κ3) is 3.64. The Bertz CT molecular complexity index is 609. The molecule has 1 aromatic carbocycles. The summed E-state index contributed by atoms with van der Waals surface area (Å²) < 4.78 is 0. The van der Waals surface area contributed by atoms with Crippen LogP contribution in [-0.4, -0.2) is 45.4 Å². The first-order valence-corrected chi connectivity index (χ1v) is 7.19. The van der Waals surface area contributed by atoms with Gasteiger partial charge >= 0.3 is 0 Å². The number of benzene rings is 1. The number of nitrogens with one attached hydrogen (secondary N) is 1. The van der Waals surface area contributed by atoms with Gasteiger partial charge in [-0.05, 0) is 31.5 Å². The Morgan fingerprint density at radius 1 is 1.41 bits per heavy atom. The zero-order chi connectivity index (χ0) is 14.7. The smallest absolute Gasteiger partial charge is 0.239 e. The Morgan fingerprint density at radius 2 is 2.18 bits per heavy atom. The Morgan fingerprint density at radius 3 is 2.86 bits per heavy atom. The fourth-order valence-corrected chi connectivity index (χ4v) is 2.54. The van der Waals surface area contributed by atoms with E-state index in [0.717, 1.165) is 30.8 Å². The highest BCUT2D eigenvalue weighted by Gasteiger charge is 2.25. The average Bonchev–Trinajstić information content (AvgIpc) is 3.19. The summed E-state index contributed by atoms with van der Waals surface area (Å²) in [6.07, 6.45) is 3.69. The first-order chi connectivity index (χ1) is 10.2. The van der Waals surface area contributed by atoms with E-state index in [4.69, 9.17) is 0 Å². The van der Waals surface area contributed by atoms with Crippen LogP contribution in [0.4, 0.5) is 0 Å². The number of carbonyl (C=O) groups excluding carboxylic acids is 1. The van der Waals surface area contributed by atoms with Gasteiger partial charge in [0.1, 0.15) is 5.69 Å². The van der Waals surface area contributed by atoms with E-state index in [-0.39, 0.29) is 24.4 Å². The molecule has 1 N–H and O–H groups in total. The van der Waals surface area contributed by atoms with Crippen molar-refractivity contribution < 1.29 is 4.79 Å². The highest BCUT2D eigenvalue weighted by molar-refractivity contribution is 5.85. The molecule has 2 heterocycles. The van der Waals surface area contributed by atoms with Gasteiger partial charge in [0, 0.05) is 7.05 Å². The molecule has 2 aromatic rings. The summed E-state index contributed by atoms with van der Waals surface area (Å²) in [5.74, 6) is 0.127. The number of likely N-dealkylation sites (N-methyl/N-ethyl adjacent to an activating group) is 1. The number of hydrogen-bond donors (Lipinski definition) is 1. The van der Waals surface area contributed by atoms with E-state index in [2.05, 4.69) is 15.5 Å². The molecule has 3 rings (SSSR count). The second kappa shape index (κ2) is 7.38. The average molecular weight is 322 g/mol. The molecule has 1 fully saturated rings. The highest BCUT2D eigenvalue weighted by Crippen LogP contribution is 2.10. The molecule has 0 aliphatic carbocycles. The quantitative estimate of drug-likeness (QED) is 0.924. The number of rotatable bonds is 4. The molecule has 1 aromatic heterocycles. The van der Waals surface area contributed by atoms with Crippen molar-refractivity contribution in [2.24, 2.45) is 0 Å². The summed E-state index contributed by atoms with van der Waals surface area (Å²) in [6.45, 7) is 1.40. The largest absolute Gasteiger partial charge is 0.338 e. The molecule has 7 heteroatoms. The van der Waals surface area contributed by atoms with Gasteiger partial charge in [-0.15, -0.1) is 12.4 Å². The van der Waals surface area contributed by atoms with Crippen LogP contribution < -0.4 is 5.32 Å². The van der Waals surface area contributed by atoms with Crippen LogP contribution in [0.3, 0.4) is 0 Å². The Labute approximate surface area is 135 Å². The number of carbonyl (C=O) groups is 1. The molecule has 1 aliphatic heterocycles. The first kappa shape index (κ1) is 16.5. The predicted molar refractivity (Wildman–Crippen MR) is 86.1 cm³/mol. The number of halogens is 1. The van der Waals surface area contributed by atoms with Gasteiger partial charge in [-0.25, -0.2) is 0 Å². The van der Waals surface area contributed by atoms with Crippen molar-refractivity contribution in [3.05, 3.63) is 42.2 Å². The molecule has 1 saturated heterocycles. The lowest BCUT2D eigenvalue weighted by Crippen LogP contribution is -2.41. The van der Waals surface area contributed by atoms with Gasteiger partial charge in [0.2, 0.25) is 5.91 Å². The van der Waals surface area contributed by atoms with E-state index in [1.807, 2.05) is 37.4 Å². The molecule has 1 atom stereocenters. The molecule has 118 valence electrons. The zero-order valence-electron chi connectivity index (χ0n) is 12.5. The molecule has 1 aliphatic rings. The van der Waals surface area contributed by atoms with Gasteiger partial charge in [0.15, 0.2) is 0 Å². The van der Waals surface area contributed by atoms with Crippen LogP contribution in [0.1, 0.15) is 18.5 Å². The Kier molecular flexibility index (Phi) is 5.51. The molecule has 1 unspecified atom stereocenters. The minimum atomic E-state index is -0.0424. The Balaban J connectivity index is 0.00000176. The summed E-state index contributed by atoms with van der Waals surface area (Å²) in [5, 5.41) is 11.9. The Hall–Kier alpha value is -1.92. The van der Waals surface area contributed by atoms with Crippen LogP contribution >= 0.6 is 12.4 Å². The van der Waals surface area contributed by atoms with E-state index >= 15 is 0 Å². The number of hydrogen-bond acceptors (Lipinski definition) is 4. The van der Waals surface area contributed by atoms with Crippen molar-refractivity contribution in [3.8, 4) is 5.69 Å². The third-order valence-corrected chi connectivity index (χ3v) is 3.66. The van der Waals surface area contributed by atoms with E-state index < -0.39 is 0 Å². The standard InChI is InChI=1S/C15H19N5O.ClH/c1-19(15(21)14-8-5-9-16-14)11-12-10-17-20(18-12)13-6-3-2-4-7-13;/h2-4,6-7,10,14,16H,5,8-9,11H2,1H3;1H.